The van der Waals surface area contributed by atoms with Crippen LogP contribution in [-0.4, -0.2) is 9.78 Å². The monoisotopic (exact) mass is 244 g/mol. The Kier molecular flexibility index (Phi) is 3.17. The molecular weight excluding hydrogens is 228 g/mol. The first kappa shape index (κ1) is 10.8. The van der Waals surface area contributed by atoms with E-state index in [0.717, 1.165) is 17.3 Å². The molecule has 0 aromatic carbocycles. The maximum Gasteiger partial charge on any atom is 0.0635 e. The van der Waals surface area contributed by atoms with Gasteiger partial charge in [-0.15, -0.1) is 0 Å². The summed E-state index contributed by atoms with van der Waals surface area (Å²) in [5.74, 6) is 0. The quantitative estimate of drug-likeness (QED) is 0.781. The molecule has 1 aromatic rings. The predicted molar refractivity (Wildman–Crippen MR) is 58.9 cm³/mol. The number of nitrogens with zero attached hydrogens (tertiary/aromatic N) is 2. The molecule has 2 nitrogen and oxygen atoms in total. The van der Waals surface area contributed by atoms with E-state index < -0.39 is 0 Å². The SMILES string of the molecule is CCCc1c(Br)cnn1C(C)(C)C. The maximum absolute atomic E-state index is 4.38. The zero-order valence-corrected chi connectivity index (χ0v) is 10.3. The molecule has 0 radical (unpaired) electrons. The summed E-state index contributed by atoms with van der Waals surface area (Å²) in [5.41, 5.74) is 1.38. The van der Waals surface area contributed by atoms with Gasteiger partial charge in [-0.2, -0.15) is 5.10 Å². The molecule has 0 aliphatic rings. The predicted octanol–water partition coefficient (Wildman–Crippen LogP) is 3.35. The number of rotatable bonds is 2. The highest BCUT2D eigenvalue weighted by Crippen LogP contribution is 2.23. The Balaban J connectivity index is 3.07. The van der Waals surface area contributed by atoms with E-state index in [1.165, 1.54) is 5.69 Å². The van der Waals surface area contributed by atoms with Crippen LogP contribution in [0.15, 0.2) is 10.7 Å². The summed E-state index contributed by atoms with van der Waals surface area (Å²) in [7, 11) is 0. The van der Waals surface area contributed by atoms with Gasteiger partial charge in [0.25, 0.3) is 0 Å². The van der Waals surface area contributed by atoms with Crippen molar-refractivity contribution in [2.24, 2.45) is 0 Å². The van der Waals surface area contributed by atoms with Crippen LogP contribution in [0.3, 0.4) is 0 Å². The van der Waals surface area contributed by atoms with Gasteiger partial charge in [0, 0.05) is 0 Å². The van der Waals surface area contributed by atoms with Crippen molar-refractivity contribution in [1.82, 2.24) is 9.78 Å². The van der Waals surface area contributed by atoms with Crippen molar-refractivity contribution in [1.29, 1.82) is 0 Å². The average Bonchev–Trinajstić information content (AvgIpc) is 2.32. The summed E-state index contributed by atoms with van der Waals surface area (Å²) in [6.07, 6.45) is 4.12. The van der Waals surface area contributed by atoms with Gasteiger partial charge in [0.05, 0.1) is 21.9 Å². The summed E-state index contributed by atoms with van der Waals surface area (Å²) in [6, 6.07) is 0. The van der Waals surface area contributed by atoms with E-state index in [-0.39, 0.29) is 5.54 Å². The minimum Gasteiger partial charge on any atom is -0.263 e. The van der Waals surface area contributed by atoms with Crippen molar-refractivity contribution < 1.29 is 0 Å². The van der Waals surface area contributed by atoms with Gasteiger partial charge in [-0.25, -0.2) is 0 Å². The molecule has 1 heterocycles. The minimum atomic E-state index is 0.0799. The molecule has 0 atom stereocenters. The molecule has 74 valence electrons. The molecular formula is C10H17BrN2. The van der Waals surface area contributed by atoms with E-state index >= 15 is 0 Å². The lowest BCUT2D eigenvalue weighted by molar-refractivity contribution is 0.342. The third-order valence-corrected chi connectivity index (χ3v) is 2.60. The molecule has 0 bridgehead atoms. The summed E-state index contributed by atoms with van der Waals surface area (Å²) in [4.78, 5) is 0. The number of hydrogen-bond donors (Lipinski definition) is 0. The first-order chi connectivity index (χ1) is 5.96. The summed E-state index contributed by atoms with van der Waals surface area (Å²) in [5, 5.41) is 4.38. The Morgan fingerprint density at radius 2 is 2.08 bits per heavy atom. The number of halogens is 1. The molecule has 3 heteroatoms. The molecule has 0 saturated carbocycles. The number of aromatic nitrogens is 2. The Bertz CT molecular complexity index is 284. The Labute approximate surface area is 88.5 Å². The second-order valence-electron chi connectivity index (χ2n) is 4.27. The summed E-state index contributed by atoms with van der Waals surface area (Å²) < 4.78 is 3.23. The van der Waals surface area contributed by atoms with Crippen LogP contribution in [-0.2, 0) is 12.0 Å². The highest BCUT2D eigenvalue weighted by Gasteiger charge is 2.18. The minimum absolute atomic E-state index is 0.0799. The molecule has 0 fully saturated rings. The topological polar surface area (TPSA) is 17.8 Å². The maximum atomic E-state index is 4.38. The Morgan fingerprint density at radius 1 is 1.46 bits per heavy atom. The Morgan fingerprint density at radius 3 is 2.54 bits per heavy atom. The van der Waals surface area contributed by atoms with Gasteiger partial charge in [-0.3, -0.25) is 4.68 Å². The van der Waals surface area contributed by atoms with E-state index in [0.29, 0.717) is 0 Å². The van der Waals surface area contributed by atoms with Crippen molar-refractivity contribution in [2.45, 2.75) is 46.1 Å². The summed E-state index contributed by atoms with van der Waals surface area (Å²) >= 11 is 3.53. The molecule has 0 aliphatic heterocycles. The van der Waals surface area contributed by atoms with E-state index in [4.69, 9.17) is 0 Å². The lowest BCUT2D eigenvalue weighted by Crippen LogP contribution is -2.25. The first-order valence-electron chi connectivity index (χ1n) is 4.69. The van der Waals surface area contributed by atoms with Crippen LogP contribution in [0.5, 0.6) is 0 Å². The van der Waals surface area contributed by atoms with Gasteiger partial charge in [0.2, 0.25) is 0 Å². The zero-order chi connectivity index (χ0) is 10.1. The van der Waals surface area contributed by atoms with Gasteiger partial charge in [0.15, 0.2) is 0 Å². The smallest absolute Gasteiger partial charge is 0.0635 e. The van der Waals surface area contributed by atoms with Crippen LogP contribution in [0, 0.1) is 0 Å². The van der Waals surface area contributed by atoms with Gasteiger partial charge < -0.3 is 0 Å². The van der Waals surface area contributed by atoms with Crippen LogP contribution in [0.25, 0.3) is 0 Å². The molecule has 0 aliphatic carbocycles. The van der Waals surface area contributed by atoms with Crippen molar-refractivity contribution in [3.05, 3.63) is 16.4 Å². The van der Waals surface area contributed by atoms with Crippen LogP contribution in [0.1, 0.15) is 39.8 Å². The van der Waals surface area contributed by atoms with E-state index in [1.54, 1.807) is 0 Å². The van der Waals surface area contributed by atoms with E-state index in [2.05, 4.69) is 53.4 Å². The van der Waals surface area contributed by atoms with Gasteiger partial charge in [-0.1, -0.05) is 13.3 Å². The molecule has 1 aromatic heterocycles. The molecule has 1 rings (SSSR count). The normalized spacial score (nSPS) is 12.1. The number of hydrogen-bond acceptors (Lipinski definition) is 1. The first-order valence-corrected chi connectivity index (χ1v) is 5.49. The molecule has 13 heavy (non-hydrogen) atoms. The largest absolute Gasteiger partial charge is 0.263 e. The van der Waals surface area contributed by atoms with Gasteiger partial charge in [-0.05, 0) is 43.1 Å². The van der Waals surface area contributed by atoms with Crippen molar-refractivity contribution in [3.63, 3.8) is 0 Å². The van der Waals surface area contributed by atoms with Gasteiger partial charge >= 0.3 is 0 Å². The lowest BCUT2D eigenvalue weighted by Gasteiger charge is -2.22. The fourth-order valence-corrected chi connectivity index (χ4v) is 1.85. The van der Waals surface area contributed by atoms with Gasteiger partial charge in [0.1, 0.15) is 0 Å². The molecule has 0 unspecified atom stereocenters. The highest BCUT2D eigenvalue weighted by molar-refractivity contribution is 9.10. The van der Waals surface area contributed by atoms with E-state index in [9.17, 15) is 0 Å². The zero-order valence-electron chi connectivity index (χ0n) is 8.76. The highest BCUT2D eigenvalue weighted by atomic mass is 79.9. The molecule has 0 N–H and O–H groups in total. The third kappa shape index (κ3) is 2.33. The lowest BCUT2D eigenvalue weighted by atomic mass is 10.1. The standard InChI is InChI=1S/C10H17BrN2/c1-5-6-9-8(11)7-12-13(9)10(2,3)4/h7H,5-6H2,1-4H3. The van der Waals surface area contributed by atoms with Crippen LogP contribution >= 0.6 is 15.9 Å². The fraction of sp³-hybridized carbons (Fsp3) is 0.700. The summed E-state index contributed by atoms with van der Waals surface area (Å²) in [6.45, 7) is 8.70. The fourth-order valence-electron chi connectivity index (χ4n) is 1.39. The second-order valence-corrected chi connectivity index (χ2v) is 5.13. The van der Waals surface area contributed by atoms with Crippen LogP contribution < -0.4 is 0 Å². The van der Waals surface area contributed by atoms with Crippen molar-refractivity contribution in [2.75, 3.05) is 0 Å². The van der Waals surface area contributed by atoms with Crippen LogP contribution in [0.4, 0.5) is 0 Å². The second kappa shape index (κ2) is 3.82. The van der Waals surface area contributed by atoms with Crippen LogP contribution in [0.2, 0.25) is 0 Å². The average molecular weight is 245 g/mol. The molecule has 0 spiro atoms. The molecule has 0 saturated heterocycles. The van der Waals surface area contributed by atoms with E-state index in [1.807, 2.05) is 6.20 Å². The van der Waals surface area contributed by atoms with Crippen molar-refractivity contribution in [3.8, 4) is 0 Å². The molecule has 0 amide bonds. The Hall–Kier alpha value is -0.310. The third-order valence-electron chi connectivity index (χ3n) is 1.94. The van der Waals surface area contributed by atoms with Crippen molar-refractivity contribution >= 4 is 15.9 Å².